The zero-order valence-corrected chi connectivity index (χ0v) is 13.2. The van der Waals surface area contributed by atoms with Gasteiger partial charge in [0.15, 0.2) is 0 Å². The van der Waals surface area contributed by atoms with Gasteiger partial charge >= 0.3 is 0 Å². The van der Waals surface area contributed by atoms with Gasteiger partial charge in [-0.1, -0.05) is 30.9 Å². The molecule has 0 saturated heterocycles. The van der Waals surface area contributed by atoms with Crippen molar-refractivity contribution in [2.45, 2.75) is 18.7 Å². The van der Waals surface area contributed by atoms with E-state index in [4.69, 9.17) is 9.84 Å². The van der Waals surface area contributed by atoms with Gasteiger partial charge in [0.1, 0.15) is 6.61 Å². The third kappa shape index (κ3) is 4.83. The highest BCUT2D eigenvalue weighted by Crippen LogP contribution is 2.19. The molecule has 1 aromatic rings. The summed E-state index contributed by atoms with van der Waals surface area (Å²) < 4.78 is 32.0. The second-order valence-corrected chi connectivity index (χ2v) is 6.06. The maximum absolute atomic E-state index is 12.7. The zero-order chi connectivity index (χ0) is 15.7. The first-order valence-electron chi connectivity index (χ1n) is 6.84. The first-order valence-corrected chi connectivity index (χ1v) is 8.28. The summed E-state index contributed by atoms with van der Waals surface area (Å²) >= 11 is 0. The van der Waals surface area contributed by atoms with Crippen molar-refractivity contribution >= 4 is 10.0 Å². The van der Waals surface area contributed by atoms with Crippen LogP contribution in [0.5, 0.6) is 0 Å². The molecule has 0 radical (unpaired) electrons. The number of likely N-dealkylation sites (N-methyl/N-ethyl adjacent to an activating group) is 1. The Morgan fingerprint density at radius 3 is 2.62 bits per heavy atom. The normalized spacial score (nSPS) is 11.2. The first kappa shape index (κ1) is 17.7. The third-order valence-corrected chi connectivity index (χ3v) is 4.88. The van der Waals surface area contributed by atoms with Gasteiger partial charge in [0.05, 0.1) is 11.5 Å². The number of rotatable bonds is 7. The van der Waals surface area contributed by atoms with Crippen LogP contribution < -0.4 is 0 Å². The van der Waals surface area contributed by atoms with Crippen LogP contribution in [0.3, 0.4) is 0 Å². The van der Waals surface area contributed by atoms with E-state index in [1.54, 1.807) is 25.1 Å². The number of hydrogen-bond acceptors (Lipinski definition) is 4. The van der Waals surface area contributed by atoms with E-state index in [9.17, 15) is 8.42 Å². The minimum absolute atomic E-state index is 0.157. The minimum Gasteiger partial charge on any atom is -0.384 e. The van der Waals surface area contributed by atoms with Crippen LogP contribution in [0, 0.1) is 11.8 Å². The molecular formula is C15H21NO4S. The van der Waals surface area contributed by atoms with Gasteiger partial charge in [-0.15, -0.1) is 0 Å². The lowest BCUT2D eigenvalue weighted by molar-refractivity contribution is 0.135. The smallest absolute Gasteiger partial charge is 0.244 e. The van der Waals surface area contributed by atoms with Crippen LogP contribution in [0.1, 0.15) is 19.4 Å². The number of ether oxygens (including phenoxy) is 1. The molecule has 1 N–H and O–H groups in total. The molecule has 1 rings (SSSR count). The Balaban J connectivity index is 3.11. The van der Waals surface area contributed by atoms with Gasteiger partial charge in [0, 0.05) is 25.3 Å². The predicted octanol–water partition coefficient (Wildman–Crippen LogP) is 1.08. The number of hydrogen-bond donors (Lipinski definition) is 1. The Labute approximate surface area is 126 Å². The molecule has 116 valence electrons. The molecule has 0 saturated carbocycles. The van der Waals surface area contributed by atoms with Crippen LogP contribution in [0.2, 0.25) is 0 Å². The standard InChI is InChI=1S/C15H21NO4S/c1-3-16(11-13-20-4-2)21(18,19)15-10-6-5-8-14(15)9-7-12-17/h5-6,8,10,17H,3-4,11-13H2,1-2H3. The Hall–Kier alpha value is -1.39. The second-order valence-electron chi connectivity index (χ2n) is 4.15. The van der Waals surface area contributed by atoms with Gasteiger partial charge in [0.2, 0.25) is 10.0 Å². The predicted molar refractivity (Wildman–Crippen MR) is 81.3 cm³/mol. The van der Waals surface area contributed by atoms with Crippen molar-refractivity contribution < 1.29 is 18.3 Å². The van der Waals surface area contributed by atoms with Crippen LogP contribution in [0.4, 0.5) is 0 Å². The largest absolute Gasteiger partial charge is 0.384 e. The number of aliphatic hydroxyl groups excluding tert-OH is 1. The van der Waals surface area contributed by atoms with Crippen molar-refractivity contribution in [2.75, 3.05) is 32.9 Å². The summed E-state index contributed by atoms with van der Waals surface area (Å²) in [5.74, 6) is 5.16. The van der Waals surface area contributed by atoms with Gasteiger partial charge in [0.25, 0.3) is 0 Å². The van der Waals surface area contributed by atoms with Crippen molar-refractivity contribution in [2.24, 2.45) is 0 Å². The van der Waals surface area contributed by atoms with Gasteiger partial charge in [-0.25, -0.2) is 8.42 Å². The van der Waals surface area contributed by atoms with E-state index in [1.165, 1.54) is 10.4 Å². The number of sulfonamides is 1. The van der Waals surface area contributed by atoms with Gasteiger partial charge in [-0.2, -0.15) is 4.31 Å². The summed E-state index contributed by atoms with van der Waals surface area (Å²) in [6, 6.07) is 6.54. The Morgan fingerprint density at radius 2 is 2.00 bits per heavy atom. The molecule has 0 unspecified atom stereocenters. The lowest BCUT2D eigenvalue weighted by Gasteiger charge is -2.21. The Bertz CT molecular complexity index is 602. The Kier molecular flexibility index (Phi) is 7.40. The molecule has 0 aromatic heterocycles. The summed E-state index contributed by atoms with van der Waals surface area (Å²) in [7, 11) is -3.62. The topological polar surface area (TPSA) is 66.8 Å². The molecule has 0 fully saturated rings. The summed E-state index contributed by atoms with van der Waals surface area (Å²) in [6.07, 6.45) is 0. The van der Waals surface area contributed by atoms with Crippen LogP contribution in [-0.4, -0.2) is 50.7 Å². The Morgan fingerprint density at radius 1 is 1.29 bits per heavy atom. The minimum atomic E-state index is -3.62. The molecule has 1 aromatic carbocycles. The summed E-state index contributed by atoms with van der Waals surface area (Å²) in [6.45, 7) is 4.90. The highest BCUT2D eigenvalue weighted by molar-refractivity contribution is 7.89. The molecule has 0 aliphatic rings. The molecule has 0 bridgehead atoms. The summed E-state index contributed by atoms with van der Waals surface area (Å²) in [5, 5.41) is 8.77. The van der Waals surface area contributed by atoms with E-state index in [-0.39, 0.29) is 11.5 Å². The maximum Gasteiger partial charge on any atom is 0.244 e. The van der Waals surface area contributed by atoms with E-state index < -0.39 is 10.0 Å². The fourth-order valence-electron chi connectivity index (χ4n) is 1.83. The molecule has 0 spiro atoms. The molecule has 0 aliphatic heterocycles. The van der Waals surface area contributed by atoms with Crippen LogP contribution in [-0.2, 0) is 14.8 Å². The highest BCUT2D eigenvalue weighted by atomic mass is 32.2. The number of nitrogens with zero attached hydrogens (tertiary/aromatic N) is 1. The molecule has 5 nitrogen and oxygen atoms in total. The third-order valence-electron chi connectivity index (χ3n) is 2.85. The van der Waals surface area contributed by atoms with Gasteiger partial charge in [-0.3, -0.25) is 0 Å². The lowest BCUT2D eigenvalue weighted by Crippen LogP contribution is -2.34. The van der Waals surface area contributed by atoms with E-state index in [0.29, 0.717) is 31.9 Å². The average molecular weight is 311 g/mol. The van der Waals surface area contributed by atoms with Crippen LogP contribution in [0.25, 0.3) is 0 Å². The quantitative estimate of drug-likeness (QED) is 0.604. The molecule has 21 heavy (non-hydrogen) atoms. The molecule has 6 heteroatoms. The maximum atomic E-state index is 12.7. The van der Waals surface area contributed by atoms with Crippen LogP contribution >= 0.6 is 0 Å². The molecule has 0 heterocycles. The number of benzene rings is 1. The second kappa shape index (κ2) is 8.80. The molecular weight excluding hydrogens is 290 g/mol. The van der Waals surface area contributed by atoms with Crippen molar-refractivity contribution in [1.82, 2.24) is 4.31 Å². The van der Waals surface area contributed by atoms with Crippen molar-refractivity contribution in [3.05, 3.63) is 29.8 Å². The fourth-order valence-corrected chi connectivity index (χ4v) is 3.41. The van der Waals surface area contributed by atoms with Gasteiger partial charge in [-0.05, 0) is 19.1 Å². The SMILES string of the molecule is CCOCCN(CC)S(=O)(=O)c1ccccc1C#CCO. The van der Waals surface area contributed by atoms with E-state index in [2.05, 4.69) is 11.8 Å². The van der Waals surface area contributed by atoms with E-state index in [0.717, 1.165) is 0 Å². The van der Waals surface area contributed by atoms with E-state index in [1.807, 2.05) is 6.92 Å². The highest BCUT2D eigenvalue weighted by Gasteiger charge is 2.24. The molecule has 0 atom stereocenters. The average Bonchev–Trinajstić information content (AvgIpc) is 2.49. The van der Waals surface area contributed by atoms with Gasteiger partial charge < -0.3 is 9.84 Å². The van der Waals surface area contributed by atoms with Crippen molar-refractivity contribution in [3.63, 3.8) is 0 Å². The zero-order valence-electron chi connectivity index (χ0n) is 12.4. The molecule has 0 aliphatic carbocycles. The van der Waals surface area contributed by atoms with Crippen LogP contribution in [0.15, 0.2) is 29.2 Å². The van der Waals surface area contributed by atoms with Crippen molar-refractivity contribution in [1.29, 1.82) is 0 Å². The summed E-state index contributed by atoms with van der Waals surface area (Å²) in [5.41, 5.74) is 0.390. The number of aliphatic hydroxyl groups is 1. The first-order chi connectivity index (χ1) is 10.1. The van der Waals surface area contributed by atoms with Crippen molar-refractivity contribution in [3.8, 4) is 11.8 Å². The fraction of sp³-hybridized carbons (Fsp3) is 0.467. The summed E-state index contributed by atoms with van der Waals surface area (Å²) in [4.78, 5) is 0.157. The lowest BCUT2D eigenvalue weighted by atomic mass is 10.2. The molecule has 0 amide bonds. The van der Waals surface area contributed by atoms with E-state index >= 15 is 0 Å². The monoisotopic (exact) mass is 311 g/mol.